The molecule has 0 spiro atoms. The number of benzene rings is 1. The van der Waals surface area contributed by atoms with Gasteiger partial charge in [-0.1, -0.05) is 30.3 Å². The average Bonchev–Trinajstić information content (AvgIpc) is 3.17. The molecule has 0 radical (unpaired) electrons. The fourth-order valence-corrected chi connectivity index (χ4v) is 3.05. The molecule has 0 aliphatic heterocycles. The van der Waals surface area contributed by atoms with Crippen molar-refractivity contribution in [3.63, 3.8) is 0 Å². The van der Waals surface area contributed by atoms with Crippen molar-refractivity contribution in [2.75, 3.05) is 5.32 Å². The lowest BCUT2D eigenvalue weighted by Gasteiger charge is -2.14. The van der Waals surface area contributed by atoms with Gasteiger partial charge in [0.25, 0.3) is 0 Å². The van der Waals surface area contributed by atoms with E-state index in [9.17, 15) is 5.11 Å². The highest BCUT2D eigenvalue weighted by Crippen LogP contribution is 2.28. The molecule has 0 unspecified atom stereocenters. The van der Waals surface area contributed by atoms with Crippen molar-refractivity contribution >= 4 is 16.9 Å². The summed E-state index contributed by atoms with van der Waals surface area (Å²) < 4.78 is 0. The Kier molecular flexibility index (Phi) is 3.27. The zero-order valence-electron chi connectivity index (χ0n) is 12.2. The Morgan fingerprint density at radius 3 is 2.73 bits per heavy atom. The van der Waals surface area contributed by atoms with Crippen molar-refractivity contribution < 1.29 is 5.11 Å². The van der Waals surface area contributed by atoms with Crippen molar-refractivity contribution in [3.8, 4) is 11.4 Å². The minimum Gasteiger partial charge on any atom is -0.393 e. The van der Waals surface area contributed by atoms with Crippen molar-refractivity contribution in [2.24, 2.45) is 0 Å². The summed E-state index contributed by atoms with van der Waals surface area (Å²) >= 11 is 0. The van der Waals surface area contributed by atoms with E-state index in [2.05, 4.69) is 15.3 Å². The van der Waals surface area contributed by atoms with Crippen molar-refractivity contribution in [2.45, 2.75) is 31.4 Å². The lowest BCUT2D eigenvalue weighted by Crippen LogP contribution is -2.18. The third-order valence-electron chi connectivity index (χ3n) is 4.19. The number of nitrogens with one attached hydrogen (secondary N) is 2. The first-order valence-corrected chi connectivity index (χ1v) is 7.65. The topological polar surface area (TPSA) is 73.8 Å². The standard InChI is InChI=1S/C17H18N4O/c22-13-7-6-12(10-13)19-17-14-8-9-18-16(14)20-15(21-17)11-4-2-1-3-5-11/h1-5,8-9,12-13,22H,6-7,10H2,(H2,18,19,20,21)/t12-,13-/m0/s1. The highest BCUT2D eigenvalue weighted by atomic mass is 16.3. The number of aliphatic hydroxyl groups excluding tert-OH is 1. The first kappa shape index (κ1) is 13.3. The van der Waals surface area contributed by atoms with Crippen LogP contribution in [-0.2, 0) is 0 Å². The van der Waals surface area contributed by atoms with Crippen molar-refractivity contribution in [1.82, 2.24) is 15.0 Å². The quantitative estimate of drug-likeness (QED) is 0.694. The number of hydrogen-bond donors (Lipinski definition) is 3. The average molecular weight is 294 g/mol. The van der Waals surface area contributed by atoms with Gasteiger partial charge in [0, 0.05) is 17.8 Å². The Balaban J connectivity index is 1.74. The van der Waals surface area contributed by atoms with Crippen LogP contribution in [0.4, 0.5) is 5.82 Å². The smallest absolute Gasteiger partial charge is 0.163 e. The van der Waals surface area contributed by atoms with Gasteiger partial charge in [0.05, 0.1) is 11.5 Å². The van der Waals surface area contributed by atoms with Gasteiger partial charge in [-0.05, 0) is 25.3 Å². The summed E-state index contributed by atoms with van der Waals surface area (Å²) in [7, 11) is 0. The van der Waals surface area contributed by atoms with E-state index in [1.807, 2.05) is 42.6 Å². The summed E-state index contributed by atoms with van der Waals surface area (Å²) in [4.78, 5) is 12.5. The van der Waals surface area contributed by atoms with Crippen LogP contribution in [0, 0.1) is 0 Å². The molecule has 4 rings (SSSR count). The van der Waals surface area contributed by atoms with Crippen LogP contribution in [0.5, 0.6) is 0 Å². The third-order valence-corrected chi connectivity index (χ3v) is 4.19. The Labute approximate surface area is 128 Å². The second-order valence-electron chi connectivity index (χ2n) is 5.81. The van der Waals surface area contributed by atoms with Gasteiger partial charge in [0.15, 0.2) is 5.82 Å². The molecule has 1 saturated carbocycles. The van der Waals surface area contributed by atoms with Crippen LogP contribution in [0.25, 0.3) is 22.4 Å². The fraction of sp³-hybridized carbons (Fsp3) is 0.294. The SMILES string of the molecule is O[C@H]1CC[C@H](Nc2nc(-c3ccccc3)nc3[nH]ccc23)C1. The highest BCUT2D eigenvalue weighted by Gasteiger charge is 2.24. The fourth-order valence-electron chi connectivity index (χ4n) is 3.05. The van der Waals surface area contributed by atoms with E-state index in [-0.39, 0.29) is 12.1 Å². The molecule has 2 heterocycles. The number of anilines is 1. The maximum atomic E-state index is 9.70. The van der Waals surface area contributed by atoms with E-state index in [1.54, 1.807) is 0 Å². The van der Waals surface area contributed by atoms with E-state index in [4.69, 9.17) is 4.98 Å². The van der Waals surface area contributed by atoms with Gasteiger partial charge in [-0.15, -0.1) is 0 Å². The predicted molar refractivity (Wildman–Crippen MR) is 86.6 cm³/mol. The van der Waals surface area contributed by atoms with E-state index >= 15 is 0 Å². The number of fused-ring (bicyclic) bond motifs is 1. The van der Waals surface area contributed by atoms with Crippen LogP contribution in [0.2, 0.25) is 0 Å². The summed E-state index contributed by atoms with van der Waals surface area (Å²) in [5, 5.41) is 14.2. The first-order chi connectivity index (χ1) is 10.8. The number of H-pyrrole nitrogens is 1. The van der Waals surface area contributed by atoms with Crippen molar-refractivity contribution in [1.29, 1.82) is 0 Å². The second kappa shape index (κ2) is 5.42. The molecule has 5 heteroatoms. The molecule has 1 aliphatic carbocycles. The molecule has 3 aromatic rings. The molecule has 2 atom stereocenters. The summed E-state index contributed by atoms with van der Waals surface area (Å²) in [6, 6.07) is 12.2. The van der Waals surface area contributed by atoms with Gasteiger partial charge in [0.1, 0.15) is 11.5 Å². The molecule has 1 fully saturated rings. The van der Waals surface area contributed by atoms with Gasteiger partial charge < -0.3 is 15.4 Å². The van der Waals surface area contributed by atoms with Crippen LogP contribution in [0.1, 0.15) is 19.3 Å². The molecule has 0 amide bonds. The summed E-state index contributed by atoms with van der Waals surface area (Å²) in [5.41, 5.74) is 1.82. The Hall–Kier alpha value is -2.40. The van der Waals surface area contributed by atoms with E-state index in [1.165, 1.54) is 0 Å². The van der Waals surface area contributed by atoms with E-state index < -0.39 is 0 Å². The predicted octanol–water partition coefficient (Wildman–Crippen LogP) is 2.95. The number of aliphatic hydroxyl groups is 1. The van der Waals surface area contributed by atoms with Gasteiger partial charge >= 0.3 is 0 Å². The van der Waals surface area contributed by atoms with Gasteiger partial charge in [0.2, 0.25) is 0 Å². The van der Waals surface area contributed by atoms with Gasteiger partial charge in [-0.25, -0.2) is 9.97 Å². The monoisotopic (exact) mass is 294 g/mol. The minimum absolute atomic E-state index is 0.199. The van der Waals surface area contributed by atoms with Crippen LogP contribution >= 0.6 is 0 Å². The van der Waals surface area contributed by atoms with Crippen molar-refractivity contribution in [3.05, 3.63) is 42.6 Å². The number of aromatic nitrogens is 3. The lowest BCUT2D eigenvalue weighted by atomic mass is 10.2. The minimum atomic E-state index is -0.199. The Morgan fingerprint density at radius 2 is 1.95 bits per heavy atom. The van der Waals surface area contributed by atoms with Crippen LogP contribution in [0.15, 0.2) is 42.6 Å². The molecule has 1 aromatic carbocycles. The number of aromatic amines is 1. The molecule has 22 heavy (non-hydrogen) atoms. The Bertz CT molecular complexity index is 784. The van der Waals surface area contributed by atoms with E-state index in [0.717, 1.165) is 41.7 Å². The van der Waals surface area contributed by atoms with Crippen LogP contribution in [-0.4, -0.2) is 32.2 Å². The zero-order chi connectivity index (χ0) is 14.9. The molecule has 3 N–H and O–H groups in total. The lowest BCUT2D eigenvalue weighted by molar-refractivity contribution is 0.182. The second-order valence-corrected chi connectivity index (χ2v) is 5.81. The maximum Gasteiger partial charge on any atom is 0.163 e. The van der Waals surface area contributed by atoms with Crippen LogP contribution < -0.4 is 5.32 Å². The van der Waals surface area contributed by atoms with Gasteiger partial charge in [-0.3, -0.25) is 0 Å². The molecular formula is C17H18N4O. The molecular weight excluding hydrogens is 276 g/mol. The maximum absolute atomic E-state index is 9.70. The number of hydrogen-bond acceptors (Lipinski definition) is 4. The highest BCUT2D eigenvalue weighted by molar-refractivity contribution is 5.88. The summed E-state index contributed by atoms with van der Waals surface area (Å²) in [6.45, 7) is 0. The molecule has 1 aliphatic rings. The third kappa shape index (κ3) is 2.44. The number of rotatable bonds is 3. The molecule has 5 nitrogen and oxygen atoms in total. The molecule has 0 bridgehead atoms. The molecule has 2 aromatic heterocycles. The largest absolute Gasteiger partial charge is 0.393 e. The summed E-state index contributed by atoms with van der Waals surface area (Å²) in [5.74, 6) is 1.54. The normalized spacial score (nSPS) is 21.3. The zero-order valence-corrected chi connectivity index (χ0v) is 12.2. The van der Waals surface area contributed by atoms with Crippen LogP contribution in [0.3, 0.4) is 0 Å². The molecule has 112 valence electrons. The van der Waals surface area contributed by atoms with E-state index in [0.29, 0.717) is 5.82 Å². The molecule has 0 saturated heterocycles. The van der Waals surface area contributed by atoms with Gasteiger partial charge in [-0.2, -0.15) is 0 Å². The first-order valence-electron chi connectivity index (χ1n) is 7.65. The number of nitrogens with zero attached hydrogens (tertiary/aromatic N) is 2. The Morgan fingerprint density at radius 1 is 1.09 bits per heavy atom. The summed E-state index contributed by atoms with van der Waals surface area (Å²) in [6.07, 6.45) is 4.27.